The predicted octanol–water partition coefficient (Wildman–Crippen LogP) is 1.44. The van der Waals surface area contributed by atoms with Gasteiger partial charge >= 0.3 is 8.25 Å². The minimum Gasteiger partial charge on any atom is -0.311 e. The Balaban J connectivity index is -0.0000000408. The first-order valence-electron chi connectivity index (χ1n) is 2.60. The third-order valence-corrected chi connectivity index (χ3v) is 1.57. The van der Waals surface area contributed by atoms with Crippen LogP contribution < -0.4 is 0 Å². The molecule has 0 saturated heterocycles. The quantitative estimate of drug-likeness (QED) is 0.578. The molecule has 0 aromatic carbocycles. The number of rotatable bonds is 4. The van der Waals surface area contributed by atoms with E-state index in [0.29, 0.717) is 13.2 Å². The fraction of sp³-hybridized carbons (Fsp3) is 1.00. The Bertz CT molecular complexity index is 76.7. The smallest absolute Gasteiger partial charge is 0.311 e. The molecule has 0 atom stereocenters. The van der Waals surface area contributed by atoms with Gasteiger partial charge in [-0.25, -0.2) is 0 Å². The van der Waals surface area contributed by atoms with Gasteiger partial charge in [0.25, 0.3) is 0 Å². The molecule has 0 bridgehead atoms. The van der Waals surface area contributed by atoms with Crippen LogP contribution >= 0.6 is 8.25 Å². The van der Waals surface area contributed by atoms with Gasteiger partial charge in [0.15, 0.2) is 0 Å². The zero-order valence-electron chi connectivity index (χ0n) is 7.14. The van der Waals surface area contributed by atoms with Crippen molar-refractivity contribution >= 4 is 8.25 Å². The molecule has 0 N–H and O–H groups in total. The van der Waals surface area contributed by atoms with E-state index in [0.717, 1.165) is 0 Å². The summed E-state index contributed by atoms with van der Waals surface area (Å²) >= 11 is 0. The Hall–Kier alpha value is 3.01. The molecular formula is C4H11O3PTi4. The summed E-state index contributed by atoms with van der Waals surface area (Å²) in [5.41, 5.74) is 0. The van der Waals surface area contributed by atoms with Crippen LogP contribution in [0.4, 0.5) is 0 Å². The van der Waals surface area contributed by atoms with Gasteiger partial charge in [-0.15, -0.1) is 0 Å². The summed E-state index contributed by atoms with van der Waals surface area (Å²) in [6, 6.07) is 0. The van der Waals surface area contributed by atoms with E-state index >= 15 is 0 Å². The summed E-state index contributed by atoms with van der Waals surface area (Å²) < 4.78 is 19.6. The summed E-state index contributed by atoms with van der Waals surface area (Å²) in [5, 5.41) is 0. The van der Waals surface area contributed by atoms with E-state index < -0.39 is 8.25 Å². The van der Waals surface area contributed by atoms with Crippen molar-refractivity contribution in [3.8, 4) is 0 Å². The normalized spacial score (nSPS) is 6.92. The van der Waals surface area contributed by atoms with E-state index in [-0.39, 0.29) is 86.9 Å². The average molecular weight is 330 g/mol. The van der Waals surface area contributed by atoms with E-state index in [9.17, 15) is 4.57 Å². The second kappa shape index (κ2) is 23.7. The SMILES string of the molecule is CCO[PH](=O)OCC.[Ti].[Ti].[Ti].[Ti]. The molecule has 8 heteroatoms. The molecule has 0 aliphatic rings. The van der Waals surface area contributed by atoms with Gasteiger partial charge in [0.2, 0.25) is 0 Å². The maximum Gasteiger partial charge on any atom is 0.319 e. The molecule has 0 radical (unpaired) electrons. The summed E-state index contributed by atoms with van der Waals surface area (Å²) in [7, 11) is -2.14. The standard InChI is InChI=1S/C4H11O3P.4Ti/c1-3-6-8(5)7-4-2;;;;/h8H,3-4H2,1-2H3;;;;. The predicted molar refractivity (Wildman–Crippen MR) is 32.3 cm³/mol. The van der Waals surface area contributed by atoms with E-state index in [1.807, 2.05) is 0 Å². The van der Waals surface area contributed by atoms with Gasteiger partial charge in [0, 0.05) is 86.9 Å². The van der Waals surface area contributed by atoms with E-state index in [1.54, 1.807) is 13.8 Å². The minimum absolute atomic E-state index is 0. The van der Waals surface area contributed by atoms with Gasteiger partial charge in [-0.05, 0) is 13.8 Å². The molecule has 0 heterocycles. The first-order valence-corrected chi connectivity index (χ1v) is 3.83. The second-order valence-electron chi connectivity index (χ2n) is 1.12. The fourth-order valence-electron chi connectivity index (χ4n) is 0.277. The molecule has 0 aliphatic heterocycles. The van der Waals surface area contributed by atoms with Crippen molar-refractivity contribution in [2.24, 2.45) is 0 Å². The Labute approximate surface area is 134 Å². The monoisotopic (exact) mass is 330 g/mol. The van der Waals surface area contributed by atoms with Crippen molar-refractivity contribution in [1.29, 1.82) is 0 Å². The molecule has 0 unspecified atom stereocenters. The first-order chi connectivity index (χ1) is 3.81. The van der Waals surface area contributed by atoms with Crippen LogP contribution in [-0.4, -0.2) is 13.2 Å². The molecule has 0 amide bonds. The maximum absolute atomic E-state index is 10.4. The van der Waals surface area contributed by atoms with Crippen molar-refractivity contribution in [3.05, 3.63) is 0 Å². The number of hydrogen-bond donors (Lipinski definition) is 0. The Kier molecular flexibility index (Phi) is 58.0. The van der Waals surface area contributed by atoms with Crippen molar-refractivity contribution in [3.63, 3.8) is 0 Å². The summed E-state index contributed by atoms with van der Waals surface area (Å²) in [5.74, 6) is 0. The molecule has 12 heavy (non-hydrogen) atoms. The second-order valence-corrected chi connectivity index (χ2v) is 2.19. The minimum atomic E-state index is -2.14. The van der Waals surface area contributed by atoms with Crippen molar-refractivity contribution < 1.29 is 100 Å². The maximum atomic E-state index is 10.4. The van der Waals surface area contributed by atoms with Crippen LogP contribution in [0.5, 0.6) is 0 Å². The third-order valence-electron chi connectivity index (χ3n) is 0.524. The summed E-state index contributed by atoms with van der Waals surface area (Å²) in [4.78, 5) is 0. The van der Waals surface area contributed by atoms with Crippen molar-refractivity contribution in [2.75, 3.05) is 13.2 Å². The van der Waals surface area contributed by atoms with Crippen LogP contribution in [-0.2, 0) is 100 Å². The fourth-order valence-corrected chi connectivity index (χ4v) is 0.832. The molecule has 0 rings (SSSR count). The van der Waals surface area contributed by atoms with Gasteiger partial charge < -0.3 is 9.05 Å². The van der Waals surface area contributed by atoms with E-state index in [2.05, 4.69) is 9.05 Å². The molecule has 0 fully saturated rings. The molecule has 66 valence electrons. The van der Waals surface area contributed by atoms with Crippen LogP contribution in [0.1, 0.15) is 13.8 Å². The molecular weight excluding hydrogens is 318 g/mol. The number of hydrogen-bond acceptors (Lipinski definition) is 3. The van der Waals surface area contributed by atoms with Gasteiger partial charge in [0.05, 0.1) is 13.2 Å². The molecule has 0 aromatic heterocycles. The zero-order valence-corrected chi connectivity index (χ0v) is 14.4. The Morgan fingerprint density at radius 1 is 0.917 bits per heavy atom. The van der Waals surface area contributed by atoms with Crippen LogP contribution in [0.3, 0.4) is 0 Å². The molecule has 0 saturated carbocycles. The molecule has 0 aromatic rings. The largest absolute Gasteiger partial charge is 0.319 e. The average Bonchev–Trinajstić information content (AvgIpc) is 1.68. The first kappa shape index (κ1) is 29.4. The summed E-state index contributed by atoms with van der Waals surface area (Å²) in [6.45, 7) is 4.47. The summed E-state index contributed by atoms with van der Waals surface area (Å²) in [6.07, 6.45) is 0. The van der Waals surface area contributed by atoms with Gasteiger partial charge in [0.1, 0.15) is 0 Å². The van der Waals surface area contributed by atoms with Gasteiger partial charge in [-0.1, -0.05) is 0 Å². The Morgan fingerprint density at radius 3 is 1.33 bits per heavy atom. The van der Waals surface area contributed by atoms with Crippen LogP contribution in [0.15, 0.2) is 0 Å². The van der Waals surface area contributed by atoms with Gasteiger partial charge in [-0.2, -0.15) is 0 Å². The van der Waals surface area contributed by atoms with Crippen molar-refractivity contribution in [1.82, 2.24) is 0 Å². The van der Waals surface area contributed by atoms with Crippen LogP contribution in [0.2, 0.25) is 0 Å². The van der Waals surface area contributed by atoms with Crippen molar-refractivity contribution in [2.45, 2.75) is 13.8 Å². The molecule has 3 nitrogen and oxygen atoms in total. The molecule has 0 aliphatic carbocycles. The Morgan fingerprint density at radius 2 is 1.17 bits per heavy atom. The van der Waals surface area contributed by atoms with E-state index in [4.69, 9.17) is 0 Å². The third kappa shape index (κ3) is 23.1. The van der Waals surface area contributed by atoms with Crippen LogP contribution in [0, 0.1) is 0 Å². The van der Waals surface area contributed by atoms with E-state index in [1.165, 1.54) is 0 Å². The van der Waals surface area contributed by atoms with Crippen LogP contribution in [0.25, 0.3) is 0 Å². The zero-order chi connectivity index (χ0) is 6.41. The van der Waals surface area contributed by atoms with Gasteiger partial charge in [-0.3, -0.25) is 4.57 Å². The molecule has 0 spiro atoms. The topological polar surface area (TPSA) is 35.5 Å².